The summed E-state index contributed by atoms with van der Waals surface area (Å²) in [6, 6.07) is 7.61. The number of hydrogen-bond acceptors (Lipinski definition) is 2. The van der Waals surface area contributed by atoms with Gasteiger partial charge < -0.3 is 11.1 Å². The maximum Gasteiger partial charge on any atom is 0.251 e. The molecule has 3 nitrogen and oxygen atoms in total. The molecule has 0 saturated carbocycles. The van der Waals surface area contributed by atoms with Crippen LogP contribution < -0.4 is 11.1 Å². The van der Waals surface area contributed by atoms with Gasteiger partial charge in [0.2, 0.25) is 0 Å². The van der Waals surface area contributed by atoms with E-state index in [1.807, 2.05) is 31.2 Å². The van der Waals surface area contributed by atoms with Gasteiger partial charge in [-0.2, -0.15) is 0 Å². The maximum atomic E-state index is 11.8. The third kappa shape index (κ3) is 4.57. The topological polar surface area (TPSA) is 55.1 Å². The summed E-state index contributed by atoms with van der Waals surface area (Å²) in [7, 11) is 0. The standard InChI is InChI=1S/C14H22N2O/c1-3-12(8-9-15)10-16-14(17)13-6-4-11(2)5-7-13/h4-7,12H,3,8-10,15H2,1-2H3,(H,16,17). The van der Waals surface area contributed by atoms with Crippen molar-refractivity contribution in [3.05, 3.63) is 35.4 Å². The third-order valence-electron chi connectivity index (χ3n) is 3.02. The van der Waals surface area contributed by atoms with Crippen molar-refractivity contribution in [3.8, 4) is 0 Å². The number of nitrogens with two attached hydrogens (primary N) is 1. The maximum absolute atomic E-state index is 11.8. The van der Waals surface area contributed by atoms with E-state index in [4.69, 9.17) is 5.73 Å². The molecular weight excluding hydrogens is 212 g/mol. The predicted octanol–water partition coefficient (Wildman–Crippen LogP) is 2.10. The van der Waals surface area contributed by atoms with E-state index in [1.54, 1.807) is 0 Å². The number of amides is 1. The highest BCUT2D eigenvalue weighted by atomic mass is 16.1. The van der Waals surface area contributed by atoms with Gasteiger partial charge in [0.1, 0.15) is 0 Å². The summed E-state index contributed by atoms with van der Waals surface area (Å²) in [6.45, 7) is 5.52. The van der Waals surface area contributed by atoms with Crippen LogP contribution in [0.5, 0.6) is 0 Å². The summed E-state index contributed by atoms with van der Waals surface area (Å²) in [4.78, 5) is 11.8. The molecule has 1 amide bonds. The predicted molar refractivity (Wildman–Crippen MR) is 71.0 cm³/mol. The van der Waals surface area contributed by atoms with Crippen molar-refractivity contribution in [2.75, 3.05) is 13.1 Å². The number of carbonyl (C=O) groups excluding carboxylic acids is 1. The Morgan fingerprint density at radius 3 is 2.53 bits per heavy atom. The molecule has 0 spiro atoms. The van der Waals surface area contributed by atoms with Crippen LogP contribution in [0.2, 0.25) is 0 Å². The second-order valence-electron chi connectivity index (χ2n) is 4.43. The molecule has 0 radical (unpaired) electrons. The number of benzene rings is 1. The Labute approximate surface area is 103 Å². The summed E-state index contributed by atoms with van der Waals surface area (Å²) in [5, 5.41) is 2.96. The SMILES string of the molecule is CCC(CCN)CNC(=O)c1ccc(C)cc1. The van der Waals surface area contributed by atoms with Gasteiger partial charge in [-0.05, 0) is 37.9 Å². The van der Waals surface area contributed by atoms with Gasteiger partial charge in [-0.15, -0.1) is 0 Å². The average Bonchev–Trinajstić information content (AvgIpc) is 2.35. The molecule has 1 atom stereocenters. The lowest BCUT2D eigenvalue weighted by Gasteiger charge is -2.14. The van der Waals surface area contributed by atoms with Gasteiger partial charge in [0, 0.05) is 12.1 Å². The van der Waals surface area contributed by atoms with E-state index in [1.165, 1.54) is 0 Å². The van der Waals surface area contributed by atoms with E-state index in [0.29, 0.717) is 19.0 Å². The zero-order valence-corrected chi connectivity index (χ0v) is 10.7. The Morgan fingerprint density at radius 1 is 1.35 bits per heavy atom. The van der Waals surface area contributed by atoms with E-state index in [2.05, 4.69) is 12.2 Å². The van der Waals surface area contributed by atoms with E-state index in [9.17, 15) is 4.79 Å². The minimum Gasteiger partial charge on any atom is -0.352 e. The van der Waals surface area contributed by atoms with Crippen LogP contribution in [0.4, 0.5) is 0 Å². The zero-order valence-electron chi connectivity index (χ0n) is 10.7. The molecule has 0 heterocycles. The molecule has 0 aliphatic heterocycles. The minimum absolute atomic E-state index is 0.000437. The number of aryl methyl sites for hydroxylation is 1. The lowest BCUT2D eigenvalue weighted by Crippen LogP contribution is -2.30. The Kier molecular flexibility index (Phi) is 5.70. The Balaban J connectivity index is 2.46. The first-order valence-corrected chi connectivity index (χ1v) is 6.22. The van der Waals surface area contributed by atoms with Crippen LogP contribution in [0.3, 0.4) is 0 Å². The normalized spacial score (nSPS) is 12.2. The van der Waals surface area contributed by atoms with Gasteiger partial charge in [-0.25, -0.2) is 0 Å². The van der Waals surface area contributed by atoms with Crippen molar-refractivity contribution in [1.29, 1.82) is 0 Å². The van der Waals surface area contributed by atoms with E-state index in [0.717, 1.165) is 24.0 Å². The number of rotatable bonds is 6. The van der Waals surface area contributed by atoms with E-state index in [-0.39, 0.29) is 5.91 Å². The van der Waals surface area contributed by atoms with Crippen molar-refractivity contribution in [1.82, 2.24) is 5.32 Å². The molecule has 0 fully saturated rings. The van der Waals surface area contributed by atoms with Crippen LogP contribution in [-0.4, -0.2) is 19.0 Å². The van der Waals surface area contributed by atoms with Crippen LogP contribution in [0.15, 0.2) is 24.3 Å². The van der Waals surface area contributed by atoms with Crippen LogP contribution >= 0.6 is 0 Å². The molecule has 1 unspecified atom stereocenters. The molecule has 94 valence electrons. The highest BCUT2D eigenvalue weighted by Gasteiger charge is 2.09. The van der Waals surface area contributed by atoms with Gasteiger partial charge in [-0.3, -0.25) is 4.79 Å². The summed E-state index contributed by atoms with van der Waals surface area (Å²) in [5.41, 5.74) is 7.41. The van der Waals surface area contributed by atoms with Crippen LogP contribution in [0.1, 0.15) is 35.7 Å². The van der Waals surface area contributed by atoms with Gasteiger partial charge >= 0.3 is 0 Å². The van der Waals surface area contributed by atoms with Gasteiger partial charge in [0.05, 0.1) is 0 Å². The molecular formula is C14H22N2O. The molecule has 3 heteroatoms. The monoisotopic (exact) mass is 234 g/mol. The van der Waals surface area contributed by atoms with Gasteiger partial charge in [0.15, 0.2) is 0 Å². The minimum atomic E-state index is 0.000437. The molecule has 0 aromatic heterocycles. The first-order chi connectivity index (χ1) is 8.17. The number of nitrogens with one attached hydrogen (secondary N) is 1. The van der Waals surface area contributed by atoms with Crippen molar-refractivity contribution in [2.24, 2.45) is 11.7 Å². The molecule has 0 aliphatic rings. The molecule has 0 bridgehead atoms. The summed E-state index contributed by atoms with van der Waals surface area (Å²) < 4.78 is 0. The van der Waals surface area contributed by atoms with Gasteiger partial charge in [0.25, 0.3) is 5.91 Å². The Hall–Kier alpha value is -1.35. The molecule has 1 aromatic carbocycles. The summed E-state index contributed by atoms with van der Waals surface area (Å²) in [5.74, 6) is 0.481. The first kappa shape index (κ1) is 13.7. The third-order valence-corrected chi connectivity index (χ3v) is 3.02. The average molecular weight is 234 g/mol. The molecule has 17 heavy (non-hydrogen) atoms. The van der Waals surface area contributed by atoms with Crippen LogP contribution in [0.25, 0.3) is 0 Å². The number of hydrogen-bond donors (Lipinski definition) is 2. The fraction of sp³-hybridized carbons (Fsp3) is 0.500. The Morgan fingerprint density at radius 2 is 2.00 bits per heavy atom. The van der Waals surface area contributed by atoms with Crippen molar-refractivity contribution in [2.45, 2.75) is 26.7 Å². The highest BCUT2D eigenvalue weighted by molar-refractivity contribution is 5.94. The fourth-order valence-corrected chi connectivity index (χ4v) is 1.73. The van der Waals surface area contributed by atoms with Crippen molar-refractivity contribution < 1.29 is 4.79 Å². The number of carbonyl (C=O) groups is 1. The molecule has 3 N–H and O–H groups in total. The lowest BCUT2D eigenvalue weighted by atomic mass is 10.0. The smallest absolute Gasteiger partial charge is 0.251 e. The molecule has 1 rings (SSSR count). The zero-order chi connectivity index (χ0) is 12.7. The lowest BCUT2D eigenvalue weighted by molar-refractivity contribution is 0.0946. The van der Waals surface area contributed by atoms with Crippen LogP contribution in [-0.2, 0) is 0 Å². The second-order valence-corrected chi connectivity index (χ2v) is 4.43. The highest BCUT2D eigenvalue weighted by Crippen LogP contribution is 2.07. The van der Waals surface area contributed by atoms with Crippen molar-refractivity contribution >= 4 is 5.91 Å². The van der Waals surface area contributed by atoms with E-state index >= 15 is 0 Å². The quantitative estimate of drug-likeness (QED) is 0.792. The van der Waals surface area contributed by atoms with Gasteiger partial charge in [-0.1, -0.05) is 31.0 Å². The first-order valence-electron chi connectivity index (χ1n) is 6.22. The van der Waals surface area contributed by atoms with E-state index < -0.39 is 0 Å². The molecule has 0 aliphatic carbocycles. The summed E-state index contributed by atoms with van der Waals surface area (Å²) >= 11 is 0. The Bertz CT molecular complexity index is 346. The molecule has 0 saturated heterocycles. The summed E-state index contributed by atoms with van der Waals surface area (Å²) in [6.07, 6.45) is 2.01. The van der Waals surface area contributed by atoms with Crippen LogP contribution in [0, 0.1) is 12.8 Å². The molecule has 1 aromatic rings. The second kappa shape index (κ2) is 7.07. The van der Waals surface area contributed by atoms with Crippen molar-refractivity contribution in [3.63, 3.8) is 0 Å². The fourth-order valence-electron chi connectivity index (χ4n) is 1.73. The largest absolute Gasteiger partial charge is 0.352 e.